The van der Waals surface area contributed by atoms with E-state index in [0.29, 0.717) is 30.3 Å². The van der Waals surface area contributed by atoms with Gasteiger partial charge in [-0.05, 0) is 60.5 Å². The molecule has 0 aromatic heterocycles. The number of methoxy groups -OCH3 is 1. The number of rotatable bonds is 10. The molecular formula is C23H23BrFN3O3. The molecule has 0 unspecified atom stereocenters. The lowest BCUT2D eigenvalue weighted by atomic mass is 10.1. The summed E-state index contributed by atoms with van der Waals surface area (Å²) >= 11 is 3.45. The number of anilines is 2. The summed E-state index contributed by atoms with van der Waals surface area (Å²) in [6.07, 6.45) is 0. The summed E-state index contributed by atoms with van der Waals surface area (Å²) in [7, 11) is 1.60. The number of benzene rings is 3. The minimum absolute atomic E-state index is 0.214. The van der Waals surface area contributed by atoms with Crippen LogP contribution in [0.1, 0.15) is 18.1 Å². The molecule has 0 bridgehead atoms. The second-order valence-electron chi connectivity index (χ2n) is 6.70. The zero-order chi connectivity index (χ0) is 22.2. The van der Waals surface area contributed by atoms with E-state index < -0.39 is 0 Å². The van der Waals surface area contributed by atoms with Crippen LogP contribution in [0.3, 0.4) is 0 Å². The van der Waals surface area contributed by atoms with Crippen LogP contribution in [0.4, 0.5) is 15.8 Å². The van der Waals surface area contributed by atoms with Crippen molar-refractivity contribution >= 4 is 27.3 Å². The van der Waals surface area contributed by atoms with Crippen molar-refractivity contribution in [2.24, 2.45) is 5.29 Å². The molecule has 3 aromatic rings. The first-order valence-electron chi connectivity index (χ1n) is 9.72. The number of nitrogens with one attached hydrogen (secondary N) is 1. The van der Waals surface area contributed by atoms with E-state index in [1.165, 1.54) is 17.1 Å². The van der Waals surface area contributed by atoms with E-state index in [1.54, 1.807) is 19.2 Å². The number of nitrogens with zero attached hydrogens (tertiary/aromatic N) is 2. The Morgan fingerprint density at radius 1 is 1.03 bits per heavy atom. The lowest BCUT2D eigenvalue weighted by Crippen LogP contribution is -2.17. The van der Waals surface area contributed by atoms with Crippen molar-refractivity contribution in [3.05, 3.63) is 87.0 Å². The number of hydrogen-bond donors (Lipinski definition) is 1. The standard InChI is InChI=1S/C23H23BrFN3O3/c1-3-31-23-12-17(6-11-22(23)30-2)14-26-20-10-7-18(24)13-21(20)28(27-29)15-16-4-8-19(25)9-5-16/h4-13,26H,3,14-15H2,1-2H3. The lowest BCUT2D eigenvalue weighted by molar-refractivity contribution is 0.310. The van der Waals surface area contributed by atoms with Crippen molar-refractivity contribution in [1.82, 2.24) is 0 Å². The maximum absolute atomic E-state index is 13.2. The van der Waals surface area contributed by atoms with Crippen LogP contribution in [-0.4, -0.2) is 13.7 Å². The van der Waals surface area contributed by atoms with Gasteiger partial charge < -0.3 is 14.8 Å². The molecular weight excluding hydrogens is 465 g/mol. The first kappa shape index (κ1) is 22.6. The van der Waals surface area contributed by atoms with Gasteiger partial charge in [0.1, 0.15) is 5.82 Å². The summed E-state index contributed by atoms with van der Waals surface area (Å²) in [5, 5.41) is 7.87. The molecule has 8 heteroatoms. The topological polar surface area (TPSA) is 63.2 Å². The molecule has 0 fully saturated rings. The van der Waals surface area contributed by atoms with Crippen molar-refractivity contribution in [2.45, 2.75) is 20.0 Å². The van der Waals surface area contributed by atoms with E-state index >= 15 is 0 Å². The molecule has 0 amide bonds. The third-order valence-electron chi connectivity index (χ3n) is 4.59. The highest BCUT2D eigenvalue weighted by Gasteiger charge is 2.14. The van der Waals surface area contributed by atoms with Crippen LogP contribution in [0, 0.1) is 10.7 Å². The highest BCUT2D eigenvalue weighted by molar-refractivity contribution is 9.10. The van der Waals surface area contributed by atoms with Gasteiger partial charge in [0.25, 0.3) is 0 Å². The molecule has 6 nitrogen and oxygen atoms in total. The van der Waals surface area contributed by atoms with Gasteiger partial charge in [0, 0.05) is 11.0 Å². The van der Waals surface area contributed by atoms with Crippen molar-refractivity contribution in [2.75, 3.05) is 24.0 Å². The Hall–Kier alpha value is -3.13. The molecule has 3 rings (SSSR count). The molecule has 0 heterocycles. The fraction of sp³-hybridized carbons (Fsp3) is 0.217. The molecule has 0 aliphatic heterocycles. The van der Waals surface area contributed by atoms with Crippen molar-refractivity contribution in [3.8, 4) is 11.5 Å². The third-order valence-corrected chi connectivity index (χ3v) is 5.09. The van der Waals surface area contributed by atoms with E-state index in [2.05, 4.69) is 26.5 Å². The van der Waals surface area contributed by atoms with Gasteiger partial charge in [0.05, 0.1) is 36.9 Å². The van der Waals surface area contributed by atoms with Gasteiger partial charge in [-0.25, -0.2) is 9.40 Å². The molecule has 0 aliphatic rings. The average Bonchev–Trinajstić information content (AvgIpc) is 2.78. The van der Waals surface area contributed by atoms with Crippen LogP contribution in [0.15, 0.2) is 70.4 Å². The van der Waals surface area contributed by atoms with Crippen molar-refractivity contribution in [3.63, 3.8) is 0 Å². The smallest absolute Gasteiger partial charge is 0.161 e. The van der Waals surface area contributed by atoms with Crippen molar-refractivity contribution in [1.29, 1.82) is 0 Å². The van der Waals surface area contributed by atoms with Crippen LogP contribution in [0.5, 0.6) is 11.5 Å². The van der Waals surface area contributed by atoms with E-state index in [9.17, 15) is 9.30 Å². The van der Waals surface area contributed by atoms with E-state index in [-0.39, 0.29) is 12.4 Å². The average molecular weight is 488 g/mol. The summed E-state index contributed by atoms with van der Waals surface area (Å²) < 4.78 is 25.0. The fourth-order valence-corrected chi connectivity index (χ4v) is 3.43. The highest BCUT2D eigenvalue weighted by Crippen LogP contribution is 2.33. The molecule has 162 valence electrons. The van der Waals surface area contributed by atoms with E-state index in [4.69, 9.17) is 9.47 Å². The summed E-state index contributed by atoms with van der Waals surface area (Å²) in [4.78, 5) is 11.6. The van der Waals surface area contributed by atoms with Crippen LogP contribution < -0.4 is 19.8 Å². The van der Waals surface area contributed by atoms with Crippen LogP contribution in [0.2, 0.25) is 0 Å². The third kappa shape index (κ3) is 5.95. The summed E-state index contributed by atoms with van der Waals surface area (Å²) in [5.41, 5.74) is 3.09. The van der Waals surface area contributed by atoms with Crippen LogP contribution in [0.25, 0.3) is 0 Å². The number of ether oxygens (including phenoxy) is 2. The molecule has 0 spiro atoms. The molecule has 0 aliphatic carbocycles. The number of halogens is 2. The SMILES string of the molecule is CCOc1cc(CNc2ccc(Br)cc2N(Cc2ccc(F)cc2)N=O)ccc1OC. The Morgan fingerprint density at radius 3 is 2.45 bits per heavy atom. The molecule has 0 radical (unpaired) electrons. The molecule has 0 saturated carbocycles. The van der Waals surface area contributed by atoms with Gasteiger partial charge in [-0.15, -0.1) is 4.91 Å². The zero-order valence-corrected chi connectivity index (χ0v) is 18.9. The molecule has 31 heavy (non-hydrogen) atoms. The van der Waals surface area contributed by atoms with Gasteiger partial charge >= 0.3 is 0 Å². The first-order chi connectivity index (χ1) is 15.0. The van der Waals surface area contributed by atoms with Gasteiger partial charge in [-0.1, -0.05) is 34.1 Å². The Bertz CT molecular complexity index is 1030. The zero-order valence-electron chi connectivity index (χ0n) is 17.3. The van der Waals surface area contributed by atoms with Crippen molar-refractivity contribution < 1.29 is 13.9 Å². The second-order valence-corrected chi connectivity index (χ2v) is 7.61. The number of nitroso groups, excluding NO2 is 1. The van der Waals surface area contributed by atoms with Gasteiger partial charge in [-0.3, -0.25) is 0 Å². The first-order valence-corrected chi connectivity index (χ1v) is 10.5. The van der Waals surface area contributed by atoms with E-state index in [1.807, 2.05) is 43.3 Å². The molecule has 1 N–H and O–H groups in total. The largest absolute Gasteiger partial charge is 0.493 e. The maximum Gasteiger partial charge on any atom is 0.161 e. The number of hydrogen-bond acceptors (Lipinski definition) is 5. The second kappa shape index (κ2) is 10.8. The highest BCUT2D eigenvalue weighted by atomic mass is 79.9. The Morgan fingerprint density at radius 2 is 1.77 bits per heavy atom. The lowest BCUT2D eigenvalue weighted by Gasteiger charge is -2.20. The predicted octanol–water partition coefficient (Wildman–Crippen LogP) is 6.30. The summed E-state index contributed by atoms with van der Waals surface area (Å²) in [5.74, 6) is 1.02. The van der Waals surface area contributed by atoms with Gasteiger partial charge in [-0.2, -0.15) is 0 Å². The van der Waals surface area contributed by atoms with Crippen LogP contribution in [-0.2, 0) is 13.1 Å². The van der Waals surface area contributed by atoms with Gasteiger partial charge in [0.2, 0.25) is 0 Å². The minimum Gasteiger partial charge on any atom is -0.493 e. The Kier molecular flexibility index (Phi) is 7.83. The molecule has 3 aromatic carbocycles. The summed E-state index contributed by atoms with van der Waals surface area (Å²) in [6, 6.07) is 17.3. The molecule has 0 atom stereocenters. The Labute approximate surface area is 189 Å². The quantitative estimate of drug-likeness (QED) is 0.268. The normalized spacial score (nSPS) is 10.5. The summed E-state index contributed by atoms with van der Waals surface area (Å²) in [6.45, 7) is 3.17. The Balaban J connectivity index is 1.81. The van der Waals surface area contributed by atoms with E-state index in [0.717, 1.165) is 21.3 Å². The fourth-order valence-electron chi connectivity index (χ4n) is 3.09. The minimum atomic E-state index is -0.329. The monoisotopic (exact) mass is 487 g/mol. The van der Waals surface area contributed by atoms with Crippen LogP contribution >= 0.6 is 15.9 Å². The predicted molar refractivity (Wildman–Crippen MR) is 124 cm³/mol. The van der Waals surface area contributed by atoms with Gasteiger partial charge in [0.15, 0.2) is 11.5 Å². The molecule has 0 saturated heterocycles. The maximum atomic E-state index is 13.2.